The van der Waals surface area contributed by atoms with Crippen molar-refractivity contribution in [3.63, 3.8) is 0 Å². The van der Waals surface area contributed by atoms with Crippen molar-refractivity contribution >= 4 is 17.1 Å². The Bertz CT molecular complexity index is 745. The van der Waals surface area contributed by atoms with E-state index in [2.05, 4.69) is 103 Å². The van der Waals surface area contributed by atoms with Gasteiger partial charge in [0.25, 0.3) is 0 Å². The van der Waals surface area contributed by atoms with Gasteiger partial charge < -0.3 is 9.80 Å². The molecule has 2 aromatic rings. The Hall–Kier alpha value is -2.48. The topological polar surface area (TPSA) is 6.48 Å². The molecule has 0 saturated carbocycles. The molecule has 0 aromatic heterocycles. The first-order chi connectivity index (χ1) is 11.3. The number of anilines is 3. The number of nitrogens with zero attached hydrogens (tertiary/aromatic N) is 2. The summed E-state index contributed by atoms with van der Waals surface area (Å²) >= 11 is 0. The van der Waals surface area contributed by atoms with Gasteiger partial charge in [-0.3, -0.25) is 0 Å². The highest BCUT2D eigenvalue weighted by atomic mass is 15.3. The minimum absolute atomic E-state index is 0.319. The predicted molar refractivity (Wildman–Crippen MR) is 98.5 cm³/mol. The second-order valence-electron chi connectivity index (χ2n) is 6.45. The Morgan fingerprint density at radius 1 is 0.739 bits per heavy atom. The molecule has 23 heavy (non-hydrogen) atoms. The summed E-state index contributed by atoms with van der Waals surface area (Å²) < 4.78 is 0. The Morgan fingerprint density at radius 2 is 1.35 bits per heavy atom. The first-order valence-electron chi connectivity index (χ1n) is 8.34. The van der Waals surface area contributed by atoms with Crippen molar-refractivity contribution in [3.05, 3.63) is 78.9 Å². The molecule has 0 fully saturated rings. The summed E-state index contributed by atoms with van der Waals surface area (Å²) in [6.45, 7) is 4.55. The molecule has 1 heterocycles. The molecule has 1 aliphatic heterocycles. The number of hydrogen-bond donors (Lipinski definition) is 0. The van der Waals surface area contributed by atoms with Gasteiger partial charge in [-0.15, -0.1) is 0 Å². The molecule has 2 heteroatoms. The standard InChI is InChI=1S/C21H22N2/c1-16(2)22-18-12-6-8-14-20(18)23(17-10-4-3-5-11-17)21-15-9-7-13-19(21)22/h3-16,18,20H,1-2H3. The highest BCUT2D eigenvalue weighted by Gasteiger charge is 2.38. The Kier molecular flexibility index (Phi) is 3.45. The Morgan fingerprint density at radius 3 is 2.04 bits per heavy atom. The maximum atomic E-state index is 2.54. The number of rotatable bonds is 2. The molecule has 2 nitrogen and oxygen atoms in total. The molecule has 2 aromatic carbocycles. The van der Waals surface area contributed by atoms with Crippen molar-refractivity contribution in [3.8, 4) is 0 Å². The molecule has 2 atom stereocenters. The van der Waals surface area contributed by atoms with Crippen molar-refractivity contribution in [1.82, 2.24) is 0 Å². The molecule has 116 valence electrons. The van der Waals surface area contributed by atoms with Crippen molar-refractivity contribution < 1.29 is 0 Å². The molecule has 0 spiro atoms. The Balaban J connectivity index is 1.93. The largest absolute Gasteiger partial charge is 0.359 e. The summed E-state index contributed by atoms with van der Waals surface area (Å²) in [6.07, 6.45) is 9.00. The van der Waals surface area contributed by atoms with Gasteiger partial charge in [-0.2, -0.15) is 0 Å². The van der Waals surface area contributed by atoms with Gasteiger partial charge >= 0.3 is 0 Å². The summed E-state index contributed by atoms with van der Waals surface area (Å²) in [5.41, 5.74) is 3.85. The van der Waals surface area contributed by atoms with E-state index in [0.717, 1.165) is 0 Å². The van der Waals surface area contributed by atoms with Gasteiger partial charge in [-0.25, -0.2) is 0 Å². The maximum absolute atomic E-state index is 2.54. The van der Waals surface area contributed by atoms with Crippen molar-refractivity contribution in [2.45, 2.75) is 32.0 Å². The normalized spacial score (nSPS) is 22.2. The molecule has 0 bridgehead atoms. The van der Waals surface area contributed by atoms with Crippen LogP contribution in [0.25, 0.3) is 0 Å². The molecule has 2 aliphatic rings. The van der Waals surface area contributed by atoms with Gasteiger partial charge in [0.15, 0.2) is 0 Å². The summed E-state index contributed by atoms with van der Waals surface area (Å²) in [7, 11) is 0. The number of allylic oxidation sites excluding steroid dienone is 2. The number of fused-ring (bicyclic) bond motifs is 2. The van der Waals surface area contributed by atoms with E-state index in [1.807, 2.05) is 0 Å². The van der Waals surface area contributed by atoms with Crippen molar-refractivity contribution in [2.75, 3.05) is 9.80 Å². The van der Waals surface area contributed by atoms with Crippen molar-refractivity contribution in [1.29, 1.82) is 0 Å². The lowest BCUT2D eigenvalue weighted by atomic mass is 9.92. The molecular weight excluding hydrogens is 280 g/mol. The molecule has 0 radical (unpaired) electrons. The third kappa shape index (κ3) is 2.26. The minimum atomic E-state index is 0.319. The van der Waals surface area contributed by atoms with Crippen LogP contribution in [-0.2, 0) is 0 Å². The highest BCUT2D eigenvalue weighted by molar-refractivity contribution is 5.82. The number of benzene rings is 2. The summed E-state index contributed by atoms with van der Waals surface area (Å²) in [6, 6.07) is 20.6. The van der Waals surface area contributed by atoms with E-state index in [4.69, 9.17) is 0 Å². The molecule has 0 N–H and O–H groups in total. The van der Waals surface area contributed by atoms with Crippen LogP contribution in [0.5, 0.6) is 0 Å². The van der Waals surface area contributed by atoms with E-state index in [1.165, 1.54) is 17.1 Å². The minimum Gasteiger partial charge on any atom is -0.359 e. The van der Waals surface area contributed by atoms with Crippen LogP contribution in [-0.4, -0.2) is 18.1 Å². The van der Waals surface area contributed by atoms with E-state index in [0.29, 0.717) is 18.1 Å². The smallest absolute Gasteiger partial charge is 0.0766 e. The zero-order valence-corrected chi connectivity index (χ0v) is 13.6. The average molecular weight is 302 g/mol. The van der Waals surface area contributed by atoms with Gasteiger partial charge in [0.2, 0.25) is 0 Å². The van der Waals surface area contributed by atoms with Crippen LogP contribution in [0.2, 0.25) is 0 Å². The van der Waals surface area contributed by atoms with Gasteiger partial charge in [0.1, 0.15) is 0 Å². The molecule has 1 aliphatic carbocycles. The number of hydrogen-bond acceptors (Lipinski definition) is 2. The van der Waals surface area contributed by atoms with Crippen LogP contribution in [0.3, 0.4) is 0 Å². The number of para-hydroxylation sites is 3. The first kappa shape index (κ1) is 14.1. The molecule has 4 rings (SSSR count). The van der Waals surface area contributed by atoms with Gasteiger partial charge in [0.05, 0.1) is 23.5 Å². The Labute approximate surface area is 138 Å². The van der Waals surface area contributed by atoms with Gasteiger partial charge in [0, 0.05) is 11.7 Å². The van der Waals surface area contributed by atoms with Crippen molar-refractivity contribution in [2.24, 2.45) is 0 Å². The fourth-order valence-electron chi connectivity index (χ4n) is 3.81. The molecular formula is C21H22N2. The third-order valence-electron chi connectivity index (χ3n) is 4.71. The zero-order chi connectivity index (χ0) is 15.8. The fourth-order valence-corrected chi connectivity index (χ4v) is 3.81. The average Bonchev–Trinajstić information content (AvgIpc) is 2.59. The van der Waals surface area contributed by atoms with Gasteiger partial charge in [-0.1, -0.05) is 54.6 Å². The highest BCUT2D eigenvalue weighted by Crippen LogP contribution is 2.44. The van der Waals surface area contributed by atoms with E-state index >= 15 is 0 Å². The van der Waals surface area contributed by atoms with Crippen LogP contribution >= 0.6 is 0 Å². The monoisotopic (exact) mass is 302 g/mol. The molecule has 0 amide bonds. The lowest BCUT2D eigenvalue weighted by Gasteiger charge is -2.50. The summed E-state index contributed by atoms with van der Waals surface area (Å²) in [5, 5.41) is 0. The van der Waals surface area contributed by atoms with Gasteiger partial charge in [-0.05, 0) is 38.1 Å². The van der Waals surface area contributed by atoms with Crippen LogP contribution < -0.4 is 9.80 Å². The molecule has 2 unspecified atom stereocenters. The fraction of sp³-hybridized carbons (Fsp3) is 0.238. The lowest BCUT2D eigenvalue weighted by Crippen LogP contribution is -2.56. The second kappa shape index (κ2) is 5.62. The zero-order valence-electron chi connectivity index (χ0n) is 13.6. The quantitative estimate of drug-likeness (QED) is 0.777. The second-order valence-corrected chi connectivity index (χ2v) is 6.45. The van der Waals surface area contributed by atoms with Crippen LogP contribution in [0, 0.1) is 0 Å². The van der Waals surface area contributed by atoms with Crippen LogP contribution in [0.4, 0.5) is 17.1 Å². The molecule has 0 saturated heterocycles. The SMILES string of the molecule is CC(C)N1c2ccccc2N(c2ccccc2)C2C=CC=CC21. The first-order valence-corrected chi connectivity index (χ1v) is 8.34. The predicted octanol–water partition coefficient (Wildman–Crippen LogP) is 4.92. The summed E-state index contributed by atoms with van der Waals surface area (Å²) in [4.78, 5) is 5.01. The lowest BCUT2D eigenvalue weighted by molar-refractivity contribution is 0.541. The maximum Gasteiger partial charge on any atom is 0.0766 e. The summed E-state index contributed by atoms with van der Waals surface area (Å²) in [5.74, 6) is 0. The van der Waals surface area contributed by atoms with E-state index < -0.39 is 0 Å². The third-order valence-corrected chi connectivity index (χ3v) is 4.71. The van der Waals surface area contributed by atoms with Crippen LogP contribution in [0.15, 0.2) is 78.9 Å². The van der Waals surface area contributed by atoms with E-state index in [1.54, 1.807) is 0 Å². The van der Waals surface area contributed by atoms with Crippen LogP contribution in [0.1, 0.15) is 13.8 Å². The van der Waals surface area contributed by atoms with E-state index in [9.17, 15) is 0 Å². The van der Waals surface area contributed by atoms with E-state index in [-0.39, 0.29) is 0 Å².